The normalized spacial score (nSPS) is 14.7. The van der Waals surface area contributed by atoms with E-state index >= 15 is 0 Å². The molecule has 19 nitrogen and oxygen atoms in total. The van der Waals surface area contributed by atoms with E-state index in [1.54, 1.807) is 0 Å². The Morgan fingerprint density at radius 2 is 1.19 bits per heavy atom. The molecule has 5 atom stereocenters. The second kappa shape index (κ2) is 31.1. The molecule has 0 aromatic rings. The van der Waals surface area contributed by atoms with Crippen LogP contribution in [0.1, 0.15) is 40.0 Å². The molecule has 0 heterocycles. The first-order valence-electron chi connectivity index (χ1n) is 12.4. The number of hydrogen-bond donors (Lipinski definition) is 5. The van der Waals surface area contributed by atoms with Crippen LogP contribution < -0.4 is 0 Å². The van der Waals surface area contributed by atoms with Crippen molar-refractivity contribution in [3.63, 3.8) is 0 Å². The minimum atomic E-state index is -4.39. The minimum absolute atomic E-state index is 0.0869. The highest BCUT2D eigenvalue weighted by atomic mass is 32.3. The fourth-order valence-electron chi connectivity index (χ4n) is 2.07. The van der Waals surface area contributed by atoms with Gasteiger partial charge >= 0.3 is 35.7 Å². The predicted octanol–water partition coefficient (Wildman–Crippen LogP) is 1.66. The van der Waals surface area contributed by atoms with Gasteiger partial charge in [-0.05, 0) is 19.3 Å². The lowest BCUT2D eigenvalue weighted by molar-refractivity contribution is -0.00547. The molecule has 0 saturated heterocycles. The summed E-state index contributed by atoms with van der Waals surface area (Å²) < 4.78 is 97.6. The highest BCUT2D eigenvalue weighted by molar-refractivity contribution is 7.80. The first-order valence-corrected chi connectivity index (χ1v) is 16.3. The van der Waals surface area contributed by atoms with Crippen molar-refractivity contribution in [1.82, 2.24) is 0 Å². The van der Waals surface area contributed by atoms with Crippen LogP contribution in [0.15, 0.2) is 0 Å². The average molecular weight is 701 g/mol. The molecule has 0 aliphatic carbocycles. The summed E-state index contributed by atoms with van der Waals surface area (Å²) in [6, 6.07) is 0. The van der Waals surface area contributed by atoms with Gasteiger partial charge in [-0.15, -0.1) is 0 Å². The summed E-state index contributed by atoms with van der Waals surface area (Å²) in [6.45, 7) is 5.81. The topological polar surface area (TPSA) is 270 Å². The van der Waals surface area contributed by atoms with E-state index in [2.05, 4.69) is 17.6 Å². The van der Waals surface area contributed by atoms with Crippen molar-refractivity contribution in [3.05, 3.63) is 0 Å². The van der Waals surface area contributed by atoms with Crippen LogP contribution >= 0.6 is 7.82 Å². The van der Waals surface area contributed by atoms with Crippen LogP contribution in [0.4, 0.5) is 4.79 Å². The smallest absolute Gasteiger partial charge is 0.450 e. The molecule has 5 N–H and O–H groups in total. The summed E-state index contributed by atoms with van der Waals surface area (Å²) in [6.07, 6.45) is -0.0500. The van der Waals surface area contributed by atoms with E-state index in [1.807, 2.05) is 20.8 Å². The van der Waals surface area contributed by atoms with Crippen LogP contribution in [0.3, 0.4) is 0 Å². The first kappa shape index (κ1) is 49.0. The maximum Gasteiger partial charge on any atom is 0.505 e. The van der Waals surface area contributed by atoms with Gasteiger partial charge in [0.25, 0.3) is 0 Å². The van der Waals surface area contributed by atoms with Crippen LogP contribution in [0.25, 0.3) is 0 Å². The molecule has 0 amide bonds. The van der Waals surface area contributed by atoms with E-state index < -0.39 is 41.8 Å². The summed E-state index contributed by atoms with van der Waals surface area (Å²) in [5.74, 6) is 0. The zero-order valence-electron chi connectivity index (χ0n) is 25.7. The lowest BCUT2D eigenvalue weighted by Crippen LogP contribution is -2.22. The SMILES string of the molecule is CCC(COC(=O)O)OC.CCC(COS(=O)(=O)O)OC.CCC(COS(=O)O)OC.COCC(COP(=O)(O)O)OC. The number of rotatable bonds is 20. The van der Waals surface area contributed by atoms with Gasteiger partial charge in [-0.3, -0.25) is 17.8 Å². The standard InChI is InChI=1S/C6H12O4.C5H13O6P.C5H12O5S.C5H12O4S/c1-3-5(9-2)4-10-6(7)8;1-9-3-5(10-2)4-11-12(6,7)8;1-3-5(9-2)4-10-11(6,7)8;1-3-5(8-2)4-9-10(6)7/h5H,3-4H2,1-2H3,(H,7,8);5H,3-4H2,1-2H3,(H2,6,7,8);5H,3-4H2,1-2H3,(H,6,7,8);5H,3-4H2,1-2H3,(H,6,7). The minimum Gasteiger partial charge on any atom is -0.450 e. The molecule has 0 aliphatic rings. The second-order valence-corrected chi connectivity index (χ2v) is 10.7. The molecule has 5 unspecified atom stereocenters. The molecule has 0 fully saturated rings. The Balaban J connectivity index is -0.000000236. The van der Waals surface area contributed by atoms with Gasteiger partial charge in [-0.1, -0.05) is 20.8 Å². The van der Waals surface area contributed by atoms with Crippen LogP contribution in [0.5, 0.6) is 0 Å². The fraction of sp³-hybridized carbons (Fsp3) is 0.952. The van der Waals surface area contributed by atoms with E-state index in [0.29, 0.717) is 6.42 Å². The van der Waals surface area contributed by atoms with Crippen molar-refractivity contribution >= 4 is 35.7 Å². The Hall–Kier alpha value is -0.880. The Kier molecular flexibility index (Phi) is 35.5. The Morgan fingerprint density at radius 1 is 0.767 bits per heavy atom. The zero-order valence-corrected chi connectivity index (χ0v) is 28.2. The molecule has 0 bridgehead atoms. The molecule has 0 saturated carbocycles. The Morgan fingerprint density at radius 3 is 1.49 bits per heavy atom. The van der Waals surface area contributed by atoms with E-state index in [4.69, 9.17) is 47.7 Å². The average Bonchev–Trinajstić information content (AvgIpc) is 2.92. The number of ether oxygens (including phenoxy) is 6. The summed E-state index contributed by atoms with van der Waals surface area (Å²) in [5.41, 5.74) is 0. The van der Waals surface area contributed by atoms with Crippen LogP contribution in [-0.4, -0.2) is 136 Å². The van der Waals surface area contributed by atoms with Crippen molar-refractivity contribution in [2.75, 3.05) is 68.6 Å². The highest BCUT2D eigenvalue weighted by Gasteiger charge is 2.17. The third-order valence-corrected chi connectivity index (χ3v) is 5.89. The van der Waals surface area contributed by atoms with Crippen molar-refractivity contribution in [1.29, 1.82) is 0 Å². The summed E-state index contributed by atoms with van der Waals surface area (Å²) >= 11 is -2.17. The lowest BCUT2D eigenvalue weighted by Gasteiger charge is -2.14. The first-order chi connectivity index (χ1) is 19.9. The number of phosphoric ester groups is 1. The molecule has 0 spiro atoms. The number of hydrogen-bond acceptors (Lipinski definition) is 14. The quantitative estimate of drug-likeness (QED) is 0.0523. The molecule has 264 valence electrons. The van der Waals surface area contributed by atoms with Gasteiger partial charge in [0.05, 0.1) is 44.7 Å². The van der Waals surface area contributed by atoms with Crippen molar-refractivity contribution in [2.24, 2.45) is 0 Å². The summed E-state index contributed by atoms with van der Waals surface area (Å²) in [4.78, 5) is 26.5. The summed E-state index contributed by atoms with van der Waals surface area (Å²) in [7, 11) is -1.33. The van der Waals surface area contributed by atoms with Crippen molar-refractivity contribution in [3.8, 4) is 0 Å². The molecule has 0 radical (unpaired) electrons. The van der Waals surface area contributed by atoms with E-state index in [9.17, 15) is 22.0 Å². The Bertz CT molecular complexity index is 772. The molecule has 43 heavy (non-hydrogen) atoms. The van der Waals surface area contributed by atoms with E-state index in [-0.39, 0.29) is 51.3 Å². The maximum absolute atomic E-state index is 10.2. The van der Waals surface area contributed by atoms with Gasteiger partial charge in [0.2, 0.25) is 0 Å². The van der Waals surface area contributed by atoms with Gasteiger partial charge in [0, 0.05) is 35.5 Å². The van der Waals surface area contributed by atoms with Gasteiger partial charge in [-0.2, -0.15) is 12.6 Å². The van der Waals surface area contributed by atoms with Crippen LogP contribution in [0, 0.1) is 0 Å². The molecule has 22 heteroatoms. The lowest BCUT2D eigenvalue weighted by atomic mass is 10.3. The predicted molar refractivity (Wildman–Crippen MR) is 152 cm³/mol. The number of methoxy groups -OCH3 is 5. The van der Waals surface area contributed by atoms with Gasteiger partial charge in [0.15, 0.2) is 0 Å². The number of carbonyl (C=O) groups is 1. The van der Waals surface area contributed by atoms with Crippen LogP contribution in [0.2, 0.25) is 0 Å². The molecule has 0 rings (SSSR count). The molecule has 0 aromatic carbocycles. The van der Waals surface area contributed by atoms with Gasteiger partial charge in [0.1, 0.15) is 12.7 Å². The van der Waals surface area contributed by atoms with Crippen molar-refractivity contribution < 1.29 is 87.3 Å². The molecular formula is C21H49O19PS2. The maximum atomic E-state index is 10.2. The largest absolute Gasteiger partial charge is 0.505 e. The number of carboxylic acid groups (broad SMARTS) is 1. The highest BCUT2D eigenvalue weighted by Crippen LogP contribution is 2.35. The van der Waals surface area contributed by atoms with Gasteiger partial charge in [-0.25, -0.2) is 13.5 Å². The number of phosphoric acid groups is 1. The van der Waals surface area contributed by atoms with Crippen molar-refractivity contribution in [2.45, 2.75) is 64.4 Å². The monoisotopic (exact) mass is 700 g/mol. The summed E-state index contributed by atoms with van der Waals surface area (Å²) in [5, 5.41) is 8.08. The van der Waals surface area contributed by atoms with Gasteiger partial charge < -0.3 is 43.3 Å². The fourth-order valence-corrected chi connectivity index (χ4v) is 3.02. The third-order valence-electron chi connectivity index (χ3n) is 4.63. The second-order valence-electron chi connectivity index (χ2n) is 7.69. The molecule has 0 aromatic heterocycles. The Labute approximate surface area is 256 Å². The van der Waals surface area contributed by atoms with E-state index in [0.717, 1.165) is 12.8 Å². The zero-order chi connectivity index (χ0) is 34.5. The van der Waals surface area contributed by atoms with Crippen LogP contribution in [-0.2, 0) is 67.6 Å². The third kappa shape index (κ3) is 43.3. The molecule has 0 aliphatic heterocycles. The molecular weight excluding hydrogens is 651 g/mol. The van der Waals surface area contributed by atoms with E-state index in [1.165, 1.54) is 35.5 Å².